The van der Waals surface area contributed by atoms with Crippen molar-refractivity contribution >= 4 is 27.1 Å². The molecule has 1 aromatic heterocycles. The van der Waals surface area contributed by atoms with Gasteiger partial charge < -0.3 is 5.32 Å². The summed E-state index contributed by atoms with van der Waals surface area (Å²) in [6, 6.07) is -0.209. The summed E-state index contributed by atoms with van der Waals surface area (Å²) >= 11 is 6.05. The lowest BCUT2D eigenvalue weighted by atomic mass is 10.2. The van der Waals surface area contributed by atoms with Crippen LogP contribution in [0, 0.1) is 5.92 Å². The van der Waals surface area contributed by atoms with Crippen molar-refractivity contribution in [2.75, 3.05) is 16.8 Å². The molecule has 1 N–H and O–H groups in total. The first kappa shape index (κ1) is 15.3. The van der Waals surface area contributed by atoms with E-state index in [-0.39, 0.29) is 34.0 Å². The van der Waals surface area contributed by atoms with E-state index in [4.69, 9.17) is 11.6 Å². The molecule has 1 fully saturated rings. The van der Waals surface area contributed by atoms with Gasteiger partial charge in [-0.3, -0.25) is 4.79 Å². The lowest BCUT2D eigenvalue weighted by Gasteiger charge is -2.14. The molecule has 0 spiro atoms. The maximum atomic E-state index is 12.0. The predicted octanol–water partition coefficient (Wildman–Crippen LogP) is 1.15. The lowest BCUT2D eigenvalue weighted by molar-refractivity contribution is 0.464. The fourth-order valence-electron chi connectivity index (χ4n) is 2.17. The van der Waals surface area contributed by atoms with Crippen LogP contribution in [-0.2, 0) is 16.4 Å². The van der Waals surface area contributed by atoms with E-state index in [2.05, 4.69) is 10.4 Å². The minimum absolute atomic E-state index is 0.0601. The first-order valence-corrected chi connectivity index (χ1v) is 8.71. The first-order valence-electron chi connectivity index (χ1n) is 6.51. The van der Waals surface area contributed by atoms with Crippen molar-refractivity contribution in [1.82, 2.24) is 9.78 Å². The highest BCUT2D eigenvalue weighted by atomic mass is 35.5. The summed E-state index contributed by atoms with van der Waals surface area (Å²) in [6.07, 6.45) is 2.00. The molecule has 8 heteroatoms. The number of rotatable bonds is 4. The van der Waals surface area contributed by atoms with Gasteiger partial charge in [0.25, 0.3) is 5.56 Å². The molecule has 0 radical (unpaired) electrons. The second-order valence-corrected chi connectivity index (χ2v) is 8.10. The number of nitrogens with zero attached hydrogens (tertiary/aromatic N) is 2. The van der Waals surface area contributed by atoms with Crippen molar-refractivity contribution in [3.05, 3.63) is 21.6 Å². The summed E-state index contributed by atoms with van der Waals surface area (Å²) in [7, 11) is -2.97. The average Bonchev–Trinajstić information content (AvgIpc) is 2.68. The van der Waals surface area contributed by atoms with Crippen molar-refractivity contribution in [1.29, 1.82) is 0 Å². The maximum Gasteiger partial charge on any atom is 0.287 e. The number of sulfone groups is 1. The fraction of sp³-hybridized carbons (Fsp3) is 0.667. The van der Waals surface area contributed by atoms with Gasteiger partial charge in [0.15, 0.2) is 9.84 Å². The van der Waals surface area contributed by atoms with Gasteiger partial charge in [0.2, 0.25) is 0 Å². The Morgan fingerprint density at radius 3 is 2.80 bits per heavy atom. The molecular formula is C12H18ClN3O3S. The van der Waals surface area contributed by atoms with Crippen LogP contribution in [0.25, 0.3) is 0 Å². The van der Waals surface area contributed by atoms with E-state index >= 15 is 0 Å². The van der Waals surface area contributed by atoms with Crippen LogP contribution >= 0.6 is 11.6 Å². The first-order chi connectivity index (χ1) is 9.28. The average molecular weight is 320 g/mol. The highest BCUT2D eigenvalue weighted by Crippen LogP contribution is 2.21. The molecule has 20 heavy (non-hydrogen) atoms. The maximum absolute atomic E-state index is 12.0. The molecule has 0 aliphatic carbocycles. The fourth-order valence-corrected chi connectivity index (χ4v) is 4.04. The monoisotopic (exact) mass is 319 g/mol. The van der Waals surface area contributed by atoms with E-state index < -0.39 is 9.84 Å². The molecule has 1 unspecified atom stereocenters. The third kappa shape index (κ3) is 3.52. The Hall–Kier alpha value is -1.08. The SMILES string of the molecule is CC(C)Cn1ncc(NC2CCS(=O)(=O)C2)c(Cl)c1=O. The molecule has 1 aliphatic rings. The third-order valence-electron chi connectivity index (χ3n) is 3.12. The van der Waals surface area contributed by atoms with E-state index in [9.17, 15) is 13.2 Å². The van der Waals surface area contributed by atoms with Crippen LogP contribution in [0.2, 0.25) is 5.02 Å². The van der Waals surface area contributed by atoms with Gasteiger partial charge >= 0.3 is 0 Å². The molecular weight excluding hydrogens is 302 g/mol. The van der Waals surface area contributed by atoms with Gasteiger partial charge in [-0.15, -0.1) is 0 Å². The van der Waals surface area contributed by atoms with Gasteiger partial charge in [0, 0.05) is 12.6 Å². The Bertz CT molecular complexity index is 654. The molecule has 1 aliphatic heterocycles. The number of anilines is 1. The summed E-state index contributed by atoms with van der Waals surface area (Å²) in [5.41, 5.74) is 0.0463. The number of halogens is 1. The van der Waals surface area contributed by atoms with E-state index in [0.717, 1.165) is 0 Å². The molecule has 112 valence electrons. The molecule has 1 atom stereocenters. The Kier molecular flexibility index (Phi) is 4.39. The van der Waals surface area contributed by atoms with Crippen molar-refractivity contribution in [3.63, 3.8) is 0 Å². The van der Waals surface area contributed by atoms with E-state index in [1.807, 2.05) is 13.8 Å². The summed E-state index contributed by atoms with van der Waals surface area (Å²) in [4.78, 5) is 12.0. The highest BCUT2D eigenvalue weighted by Gasteiger charge is 2.28. The zero-order chi connectivity index (χ0) is 14.9. The van der Waals surface area contributed by atoms with Gasteiger partial charge in [-0.2, -0.15) is 5.10 Å². The zero-order valence-electron chi connectivity index (χ0n) is 11.5. The van der Waals surface area contributed by atoms with Gasteiger partial charge in [-0.25, -0.2) is 13.1 Å². The van der Waals surface area contributed by atoms with Crippen LogP contribution in [0.4, 0.5) is 5.69 Å². The number of hydrogen-bond acceptors (Lipinski definition) is 5. The molecule has 0 saturated carbocycles. The minimum atomic E-state index is -2.97. The molecule has 0 aromatic carbocycles. The van der Waals surface area contributed by atoms with Gasteiger partial charge in [-0.05, 0) is 12.3 Å². The van der Waals surface area contributed by atoms with Crippen molar-refractivity contribution < 1.29 is 8.42 Å². The summed E-state index contributed by atoms with van der Waals surface area (Å²) in [5, 5.41) is 7.12. The van der Waals surface area contributed by atoms with Crippen LogP contribution < -0.4 is 10.9 Å². The van der Waals surface area contributed by atoms with Crippen LogP contribution in [0.15, 0.2) is 11.0 Å². The van der Waals surface area contributed by atoms with Gasteiger partial charge in [0.05, 0.1) is 23.4 Å². The Morgan fingerprint density at radius 2 is 2.25 bits per heavy atom. The second kappa shape index (κ2) is 5.73. The van der Waals surface area contributed by atoms with Gasteiger partial charge in [0.1, 0.15) is 5.02 Å². The smallest absolute Gasteiger partial charge is 0.287 e. The highest BCUT2D eigenvalue weighted by molar-refractivity contribution is 7.91. The lowest BCUT2D eigenvalue weighted by Crippen LogP contribution is -2.28. The second-order valence-electron chi connectivity index (χ2n) is 5.50. The van der Waals surface area contributed by atoms with E-state index in [0.29, 0.717) is 18.7 Å². The summed E-state index contributed by atoms with van der Waals surface area (Å²) in [6.45, 7) is 4.46. The van der Waals surface area contributed by atoms with Gasteiger partial charge in [-0.1, -0.05) is 25.4 Å². The van der Waals surface area contributed by atoms with Crippen LogP contribution in [0.3, 0.4) is 0 Å². The summed E-state index contributed by atoms with van der Waals surface area (Å²) < 4.78 is 24.1. The third-order valence-corrected chi connectivity index (χ3v) is 5.25. The number of aromatic nitrogens is 2. The number of hydrogen-bond donors (Lipinski definition) is 1. The molecule has 6 nitrogen and oxygen atoms in total. The van der Waals surface area contributed by atoms with Crippen LogP contribution in [-0.4, -0.2) is 35.7 Å². The topological polar surface area (TPSA) is 81.1 Å². The summed E-state index contributed by atoms with van der Waals surface area (Å²) in [5.74, 6) is 0.522. The largest absolute Gasteiger partial charge is 0.379 e. The van der Waals surface area contributed by atoms with E-state index in [1.165, 1.54) is 10.9 Å². The Morgan fingerprint density at radius 1 is 1.55 bits per heavy atom. The van der Waals surface area contributed by atoms with E-state index in [1.54, 1.807) is 0 Å². The molecule has 1 aromatic rings. The molecule has 1 saturated heterocycles. The normalized spacial score (nSPS) is 21.3. The predicted molar refractivity (Wildman–Crippen MR) is 79.0 cm³/mol. The quantitative estimate of drug-likeness (QED) is 0.900. The minimum Gasteiger partial charge on any atom is -0.379 e. The van der Waals surface area contributed by atoms with Crippen molar-refractivity contribution in [2.45, 2.75) is 32.9 Å². The zero-order valence-corrected chi connectivity index (χ0v) is 13.0. The Labute approximate surface area is 123 Å². The molecule has 2 rings (SSSR count). The van der Waals surface area contributed by atoms with Crippen molar-refractivity contribution in [3.8, 4) is 0 Å². The molecule has 0 amide bonds. The molecule has 2 heterocycles. The van der Waals surface area contributed by atoms with Crippen LogP contribution in [0.5, 0.6) is 0 Å². The van der Waals surface area contributed by atoms with Crippen LogP contribution in [0.1, 0.15) is 20.3 Å². The standard InChI is InChI=1S/C12H18ClN3O3S/c1-8(2)6-16-12(17)11(13)10(5-14-16)15-9-3-4-20(18,19)7-9/h5,8-9,15H,3-4,6-7H2,1-2H3. The number of nitrogens with one attached hydrogen (secondary N) is 1. The van der Waals surface area contributed by atoms with Crippen molar-refractivity contribution in [2.24, 2.45) is 5.92 Å². The Balaban J connectivity index is 2.18. The molecule has 0 bridgehead atoms.